The highest BCUT2D eigenvalue weighted by Gasteiger charge is 2.27. The predicted octanol–water partition coefficient (Wildman–Crippen LogP) is 2.44. The molecule has 0 aliphatic rings. The molecule has 1 aromatic rings. The van der Waals surface area contributed by atoms with Gasteiger partial charge in [-0.1, -0.05) is 6.92 Å². The second kappa shape index (κ2) is 6.32. The number of nitrogens with zero attached hydrogens (tertiary/aromatic N) is 2. The van der Waals surface area contributed by atoms with E-state index in [9.17, 15) is 9.59 Å². The van der Waals surface area contributed by atoms with Crippen LogP contribution >= 0.6 is 0 Å². The number of rotatable bonds is 5. The number of carboxylic acids is 1. The quantitative estimate of drug-likeness (QED) is 0.838. The van der Waals surface area contributed by atoms with Gasteiger partial charge in [-0.3, -0.25) is 9.78 Å². The van der Waals surface area contributed by atoms with E-state index >= 15 is 0 Å². The summed E-state index contributed by atoms with van der Waals surface area (Å²) in [6.07, 6.45) is 6.21. The number of hydrogen-bond donors (Lipinski definition) is 1. The summed E-state index contributed by atoms with van der Waals surface area (Å²) < 4.78 is 0. The largest absolute Gasteiger partial charge is 0.478 e. The Kier molecular flexibility index (Phi) is 5.02. The summed E-state index contributed by atoms with van der Waals surface area (Å²) >= 11 is 0. The number of aromatic nitrogens is 1. The molecule has 1 amide bonds. The molecule has 0 spiro atoms. The van der Waals surface area contributed by atoms with Crippen LogP contribution in [0.4, 0.5) is 0 Å². The molecule has 0 radical (unpaired) electrons. The number of aliphatic carboxylic acids is 1. The number of carboxylic acid groups (broad SMARTS) is 1. The van der Waals surface area contributed by atoms with E-state index in [2.05, 4.69) is 4.98 Å². The molecule has 1 aromatic heterocycles. The van der Waals surface area contributed by atoms with Crippen LogP contribution in [-0.2, 0) is 4.79 Å². The minimum atomic E-state index is -1.06. The van der Waals surface area contributed by atoms with Crippen molar-refractivity contribution in [1.29, 1.82) is 0 Å². The third-order valence-corrected chi connectivity index (χ3v) is 3.57. The van der Waals surface area contributed by atoms with Crippen LogP contribution in [0.5, 0.6) is 0 Å². The van der Waals surface area contributed by atoms with Crippen molar-refractivity contribution in [1.82, 2.24) is 9.88 Å². The second-order valence-electron chi connectivity index (χ2n) is 5.16. The molecule has 0 saturated carbocycles. The molecule has 0 saturated heterocycles. The summed E-state index contributed by atoms with van der Waals surface area (Å²) in [6, 6.07) is 1.60. The fourth-order valence-corrected chi connectivity index (χ4v) is 1.59. The average Bonchev–Trinajstić information content (AvgIpc) is 2.43. The topological polar surface area (TPSA) is 70.5 Å². The lowest BCUT2D eigenvalue weighted by Gasteiger charge is -2.35. The van der Waals surface area contributed by atoms with E-state index < -0.39 is 5.97 Å². The second-order valence-corrected chi connectivity index (χ2v) is 5.16. The van der Waals surface area contributed by atoms with Gasteiger partial charge in [-0.25, -0.2) is 4.79 Å². The highest BCUT2D eigenvalue weighted by atomic mass is 16.4. The van der Waals surface area contributed by atoms with Crippen molar-refractivity contribution in [2.45, 2.75) is 32.7 Å². The zero-order valence-corrected chi connectivity index (χ0v) is 12.3. The van der Waals surface area contributed by atoms with Crippen LogP contribution in [0.2, 0.25) is 0 Å². The first-order valence-electron chi connectivity index (χ1n) is 6.42. The fourth-order valence-electron chi connectivity index (χ4n) is 1.59. The van der Waals surface area contributed by atoms with Crippen LogP contribution in [0.1, 0.15) is 43.1 Å². The van der Waals surface area contributed by atoms with E-state index in [-0.39, 0.29) is 11.4 Å². The van der Waals surface area contributed by atoms with E-state index in [0.717, 1.165) is 12.5 Å². The van der Waals surface area contributed by atoms with Crippen molar-refractivity contribution in [2.75, 3.05) is 7.05 Å². The molecule has 0 aliphatic heterocycles. The summed E-state index contributed by atoms with van der Waals surface area (Å²) in [5.41, 5.74) is 0.675. The molecule has 1 heterocycles. The maximum Gasteiger partial charge on any atom is 0.328 e. The van der Waals surface area contributed by atoms with Gasteiger partial charge in [-0.05, 0) is 32.4 Å². The van der Waals surface area contributed by atoms with Gasteiger partial charge in [0.2, 0.25) is 0 Å². The smallest absolute Gasteiger partial charge is 0.328 e. The lowest BCUT2D eigenvalue weighted by atomic mass is 9.98. The van der Waals surface area contributed by atoms with Gasteiger partial charge in [0.15, 0.2) is 0 Å². The molecular formula is C15H20N2O3. The summed E-state index contributed by atoms with van der Waals surface area (Å²) in [7, 11) is 1.75. The van der Waals surface area contributed by atoms with Gasteiger partial charge in [0, 0.05) is 42.2 Å². The van der Waals surface area contributed by atoms with Crippen LogP contribution in [0.3, 0.4) is 0 Å². The summed E-state index contributed by atoms with van der Waals surface area (Å²) in [5.74, 6) is -1.21. The van der Waals surface area contributed by atoms with Gasteiger partial charge < -0.3 is 10.0 Å². The Hall–Kier alpha value is -2.17. The number of carbonyl (C=O) groups is 2. The van der Waals surface area contributed by atoms with Crippen LogP contribution in [0, 0.1) is 0 Å². The van der Waals surface area contributed by atoms with E-state index in [1.54, 1.807) is 18.0 Å². The van der Waals surface area contributed by atoms with Crippen molar-refractivity contribution in [2.24, 2.45) is 0 Å². The van der Waals surface area contributed by atoms with Crippen LogP contribution < -0.4 is 0 Å². The normalized spacial score (nSPS) is 11.6. The van der Waals surface area contributed by atoms with Gasteiger partial charge in [0.1, 0.15) is 0 Å². The third kappa shape index (κ3) is 3.66. The maximum absolute atomic E-state index is 12.5. The highest BCUT2D eigenvalue weighted by Crippen LogP contribution is 2.21. The minimum Gasteiger partial charge on any atom is -0.478 e. The lowest BCUT2D eigenvalue weighted by molar-refractivity contribution is -0.131. The van der Waals surface area contributed by atoms with E-state index in [1.165, 1.54) is 18.5 Å². The Morgan fingerprint density at radius 3 is 2.65 bits per heavy atom. The van der Waals surface area contributed by atoms with E-state index in [1.807, 2.05) is 20.8 Å². The third-order valence-electron chi connectivity index (χ3n) is 3.57. The van der Waals surface area contributed by atoms with Crippen molar-refractivity contribution in [3.05, 3.63) is 35.7 Å². The zero-order chi connectivity index (χ0) is 15.3. The van der Waals surface area contributed by atoms with Gasteiger partial charge >= 0.3 is 5.97 Å². The molecule has 0 bridgehead atoms. The van der Waals surface area contributed by atoms with Crippen molar-refractivity contribution in [3.63, 3.8) is 0 Å². The van der Waals surface area contributed by atoms with Crippen molar-refractivity contribution in [3.8, 4) is 0 Å². The van der Waals surface area contributed by atoms with Gasteiger partial charge in [-0.15, -0.1) is 0 Å². The van der Waals surface area contributed by atoms with Gasteiger partial charge in [0.25, 0.3) is 5.91 Å². The van der Waals surface area contributed by atoms with Gasteiger partial charge in [-0.2, -0.15) is 0 Å². The fraction of sp³-hybridized carbons (Fsp3) is 0.400. The SMILES string of the molecule is CCC(C)(C)N(C)C(=O)c1ccncc1C=CC(=O)O. The molecular weight excluding hydrogens is 256 g/mol. The summed E-state index contributed by atoms with van der Waals surface area (Å²) in [6.45, 7) is 5.99. The van der Waals surface area contributed by atoms with Crippen LogP contribution in [0.15, 0.2) is 24.5 Å². The Balaban J connectivity index is 3.14. The average molecular weight is 276 g/mol. The number of hydrogen-bond acceptors (Lipinski definition) is 3. The first-order chi connectivity index (χ1) is 9.29. The number of amides is 1. The molecule has 20 heavy (non-hydrogen) atoms. The predicted molar refractivity (Wildman–Crippen MR) is 77.4 cm³/mol. The Morgan fingerprint density at radius 1 is 1.45 bits per heavy atom. The Labute approximate surface area is 118 Å². The lowest BCUT2D eigenvalue weighted by Crippen LogP contribution is -2.44. The highest BCUT2D eigenvalue weighted by molar-refractivity contribution is 5.99. The molecule has 108 valence electrons. The monoisotopic (exact) mass is 276 g/mol. The molecule has 0 unspecified atom stereocenters. The molecule has 1 rings (SSSR count). The van der Waals surface area contributed by atoms with Gasteiger partial charge in [0.05, 0.1) is 0 Å². The Morgan fingerprint density at radius 2 is 2.10 bits per heavy atom. The van der Waals surface area contributed by atoms with Crippen LogP contribution in [-0.4, -0.2) is 39.5 Å². The van der Waals surface area contributed by atoms with Crippen molar-refractivity contribution >= 4 is 18.0 Å². The van der Waals surface area contributed by atoms with Crippen molar-refractivity contribution < 1.29 is 14.7 Å². The zero-order valence-electron chi connectivity index (χ0n) is 12.3. The first-order valence-corrected chi connectivity index (χ1v) is 6.42. The summed E-state index contributed by atoms with van der Waals surface area (Å²) in [5, 5.41) is 8.68. The molecule has 5 heteroatoms. The molecule has 0 aliphatic carbocycles. The molecule has 0 aromatic carbocycles. The van der Waals surface area contributed by atoms with E-state index in [0.29, 0.717) is 11.1 Å². The molecule has 0 atom stereocenters. The Bertz CT molecular complexity index is 536. The number of carbonyl (C=O) groups excluding carboxylic acids is 1. The maximum atomic E-state index is 12.5. The molecule has 5 nitrogen and oxygen atoms in total. The van der Waals surface area contributed by atoms with Crippen LogP contribution in [0.25, 0.3) is 6.08 Å². The minimum absolute atomic E-state index is 0.149. The molecule has 0 fully saturated rings. The summed E-state index contributed by atoms with van der Waals surface area (Å²) in [4.78, 5) is 28.7. The van der Waals surface area contributed by atoms with E-state index in [4.69, 9.17) is 5.11 Å². The molecule has 1 N–H and O–H groups in total. The first kappa shape index (κ1) is 15.9. The number of pyridine rings is 1. The standard InChI is InChI=1S/C15H20N2O3/c1-5-15(2,3)17(4)14(20)12-8-9-16-10-11(12)6-7-13(18)19/h6-10H,5H2,1-4H3,(H,18,19).